The van der Waals surface area contributed by atoms with Crippen molar-refractivity contribution in [3.8, 4) is 22.3 Å². The number of hydrogen-bond donors (Lipinski definition) is 0. The third-order valence-corrected chi connectivity index (χ3v) is 13.8. The normalized spacial score (nSPS) is 14.2. The van der Waals surface area contributed by atoms with Gasteiger partial charge in [0.2, 0.25) is 0 Å². The highest BCUT2D eigenvalue weighted by molar-refractivity contribution is 6.31. The second-order valence-electron chi connectivity index (χ2n) is 18.0. The van der Waals surface area contributed by atoms with Gasteiger partial charge in [-0.05, 0) is 174 Å². The SMILES string of the molecule is CC1(C)c2cc(N(c3ccccc3)c3cccc(F)c3)ccc2-c2cc3ccc4c5c(cc6ccc1c2c6c35)-c1ccc(N(c2ccccc2)c2cccc(F)c2)cc1C4(C)C. The quantitative estimate of drug-likeness (QED) is 0.155. The fourth-order valence-electron chi connectivity index (χ4n) is 10.9. The van der Waals surface area contributed by atoms with E-state index in [0.29, 0.717) is 0 Å². The molecule has 0 saturated carbocycles. The Balaban J connectivity index is 1.06. The lowest BCUT2D eigenvalue weighted by Crippen LogP contribution is -2.25. The maximum atomic E-state index is 14.8. The first kappa shape index (κ1) is 36.5. The van der Waals surface area contributed by atoms with E-state index in [0.717, 1.165) is 34.1 Å². The van der Waals surface area contributed by atoms with Gasteiger partial charge in [-0.25, -0.2) is 8.78 Å². The Morgan fingerprint density at radius 2 is 0.694 bits per heavy atom. The molecule has 4 heteroatoms. The van der Waals surface area contributed by atoms with Gasteiger partial charge in [0.05, 0.1) is 0 Å². The van der Waals surface area contributed by atoms with Crippen LogP contribution in [0.15, 0.2) is 182 Å². The molecule has 0 spiro atoms. The van der Waals surface area contributed by atoms with Gasteiger partial charge in [-0.3, -0.25) is 0 Å². The summed E-state index contributed by atoms with van der Waals surface area (Å²) in [5.74, 6) is -0.531. The molecule has 10 aromatic rings. The van der Waals surface area contributed by atoms with Crippen molar-refractivity contribution in [2.75, 3.05) is 9.80 Å². The molecule has 12 rings (SSSR count). The molecule has 0 fully saturated rings. The summed E-state index contributed by atoms with van der Waals surface area (Å²) >= 11 is 0. The molecule has 0 amide bonds. The monoisotopic (exact) mass is 804 g/mol. The number of nitrogens with zero attached hydrogens (tertiary/aromatic N) is 2. The second-order valence-corrected chi connectivity index (χ2v) is 18.0. The molecule has 0 N–H and O–H groups in total. The van der Waals surface area contributed by atoms with E-state index in [1.165, 1.54) is 89.0 Å². The molecule has 2 aliphatic carbocycles. The van der Waals surface area contributed by atoms with Gasteiger partial charge in [0.15, 0.2) is 0 Å². The highest BCUT2D eigenvalue weighted by Gasteiger charge is 2.39. The number of halogens is 2. The summed E-state index contributed by atoms with van der Waals surface area (Å²) in [4.78, 5) is 4.29. The lowest BCUT2D eigenvalue weighted by atomic mass is 9.65. The fraction of sp³-hybridized carbons (Fsp3) is 0.103. The Hall–Kier alpha value is -7.30. The molecule has 0 atom stereocenters. The van der Waals surface area contributed by atoms with Crippen LogP contribution in [0, 0.1) is 11.6 Å². The summed E-state index contributed by atoms with van der Waals surface area (Å²) < 4.78 is 29.5. The van der Waals surface area contributed by atoms with Gasteiger partial charge in [0.1, 0.15) is 11.6 Å². The summed E-state index contributed by atoms with van der Waals surface area (Å²) in [7, 11) is 0. The Kier molecular flexibility index (Phi) is 7.72. The molecule has 0 unspecified atom stereocenters. The van der Waals surface area contributed by atoms with Crippen molar-refractivity contribution in [2.24, 2.45) is 0 Å². The predicted octanol–water partition coefficient (Wildman–Crippen LogP) is 16.4. The molecule has 0 aliphatic heterocycles. The Morgan fingerprint density at radius 1 is 0.306 bits per heavy atom. The average molecular weight is 805 g/mol. The van der Waals surface area contributed by atoms with Crippen molar-refractivity contribution in [2.45, 2.75) is 38.5 Å². The van der Waals surface area contributed by atoms with Crippen molar-refractivity contribution in [3.63, 3.8) is 0 Å². The van der Waals surface area contributed by atoms with Gasteiger partial charge < -0.3 is 9.80 Å². The summed E-state index contributed by atoms with van der Waals surface area (Å²) in [5, 5.41) is 7.74. The Bertz CT molecular complexity index is 3210. The second kappa shape index (κ2) is 13.1. The van der Waals surface area contributed by atoms with E-state index in [1.807, 2.05) is 48.5 Å². The maximum absolute atomic E-state index is 14.8. The molecular formula is C58H42F2N2. The van der Waals surface area contributed by atoms with E-state index in [2.05, 4.69) is 135 Å². The zero-order valence-corrected chi connectivity index (χ0v) is 35.0. The topological polar surface area (TPSA) is 6.48 Å². The molecule has 0 heterocycles. The molecule has 0 aromatic heterocycles. The predicted molar refractivity (Wildman–Crippen MR) is 255 cm³/mol. The van der Waals surface area contributed by atoms with Gasteiger partial charge in [0.25, 0.3) is 0 Å². The van der Waals surface area contributed by atoms with Crippen LogP contribution in [0.1, 0.15) is 49.9 Å². The van der Waals surface area contributed by atoms with Crippen molar-refractivity contribution >= 4 is 66.4 Å². The Labute approximate surface area is 360 Å². The number of para-hydroxylation sites is 2. The van der Waals surface area contributed by atoms with E-state index in [9.17, 15) is 8.78 Å². The van der Waals surface area contributed by atoms with Crippen LogP contribution in [0.3, 0.4) is 0 Å². The minimum absolute atomic E-state index is 0.266. The van der Waals surface area contributed by atoms with Crippen LogP contribution in [0.2, 0.25) is 0 Å². The van der Waals surface area contributed by atoms with Crippen LogP contribution >= 0.6 is 0 Å². The van der Waals surface area contributed by atoms with Gasteiger partial charge >= 0.3 is 0 Å². The number of benzene rings is 10. The zero-order chi connectivity index (χ0) is 42.1. The minimum Gasteiger partial charge on any atom is -0.310 e. The van der Waals surface area contributed by atoms with E-state index >= 15 is 0 Å². The van der Waals surface area contributed by atoms with Crippen LogP contribution in [-0.4, -0.2) is 0 Å². The van der Waals surface area contributed by atoms with Crippen LogP contribution < -0.4 is 9.80 Å². The van der Waals surface area contributed by atoms with Crippen molar-refractivity contribution < 1.29 is 8.78 Å². The molecule has 62 heavy (non-hydrogen) atoms. The van der Waals surface area contributed by atoms with E-state index in [-0.39, 0.29) is 22.5 Å². The maximum Gasteiger partial charge on any atom is 0.125 e. The highest BCUT2D eigenvalue weighted by atomic mass is 19.1. The third kappa shape index (κ3) is 5.19. The highest BCUT2D eigenvalue weighted by Crippen LogP contribution is 2.58. The number of fused-ring (bicyclic) bond motifs is 4. The van der Waals surface area contributed by atoms with Crippen LogP contribution in [0.5, 0.6) is 0 Å². The van der Waals surface area contributed by atoms with E-state index in [1.54, 1.807) is 24.3 Å². The number of anilines is 6. The minimum atomic E-state index is -0.331. The van der Waals surface area contributed by atoms with Crippen LogP contribution in [-0.2, 0) is 10.8 Å². The molecule has 2 aliphatic rings. The van der Waals surface area contributed by atoms with E-state index < -0.39 is 0 Å². The van der Waals surface area contributed by atoms with Crippen LogP contribution in [0.4, 0.5) is 42.9 Å². The zero-order valence-electron chi connectivity index (χ0n) is 35.0. The summed E-state index contributed by atoms with van der Waals surface area (Å²) in [6, 6.07) is 61.9. The van der Waals surface area contributed by atoms with Gasteiger partial charge in [-0.15, -0.1) is 0 Å². The van der Waals surface area contributed by atoms with Gasteiger partial charge in [0, 0.05) is 45.0 Å². The average Bonchev–Trinajstić information content (AvgIpc) is 3.28. The number of hydrogen-bond acceptors (Lipinski definition) is 2. The smallest absolute Gasteiger partial charge is 0.125 e. The van der Waals surface area contributed by atoms with Gasteiger partial charge in [-0.2, -0.15) is 0 Å². The van der Waals surface area contributed by atoms with Crippen LogP contribution in [0.25, 0.3) is 54.6 Å². The first-order valence-corrected chi connectivity index (χ1v) is 21.4. The third-order valence-electron chi connectivity index (χ3n) is 13.8. The molecule has 0 saturated heterocycles. The van der Waals surface area contributed by atoms with Gasteiger partial charge in [-0.1, -0.05) is 113 Å². The summed E-state index contributed by atoms with van der Waals surface area (Å²) in [6.07, 6.45) is 0. The molecule has 2 nitrogen and oxygen atoms in total. The largest absolute Gasteiger partial charge is 0.310 e. The van der Waals surface area contributed by atoms with Crippen molar-refractivity contribution in [1.29, 1.82) is 0 Å². The first-order valence-electron chi connectivity index (χ1n) is 21.4. The number of rotatable bonds is 6. The fourth-order valence-corrected chi connectivity index (χ4v) is 10.9. The summed E-state index contributed by atoms with van der Waals surface area (Å²) in [5.41, 5.74) is 14.9. The lowest BCUT2D eigenvalue weighted by Gasteiger charge is -2.39. The van der Waals surface area contributed by atoms with E-state index in [4.69, 9.17) is 0 Å². The molecular weight excluding hydrogens is 763 g/mol. The lowest BCUT2D eigenvalue weighted by molar-refractivity contribution is 0.627. The molecule has 10 aromatic carbocycles. The summed E-state index contributed by atoms with van der Waals surface area (Å²) in [6.45, 7) is 9.39. The molecule has 0 radical (unpaired) electrons. The first-order chi connectivity index (χ1) is 30.1. The van der Waals surface area contributed by atoms with Crippen molar-refractivity contribution in [3.05, 3.63) is 216 Å². The molecule has 0 bridgehead atoms. The standard InChI is InChI=1S/C58H42F2N2/c1-57(2)49-27-21-35-30-48-46-26-24-44(62(40-17-9-6-10-18-40)42-20-12-14-38(60)32-42)34-52(46)58(3,4)50-28-22-36-29-47(55(49)53(35)54(36)56(48)50)45-25-23-43(33-51(45)57)61(39-15-7-5-8-16-39)41-19-11-13-37(59)31-41/h5-34H,1-4H3. The Morgan fingerprint density at radius 3 is 1.10 bits per heavy atom. The van der Waals surface area contributed by atoms with Crippen molar-refractivity contribution in [1.82, 2.24) is 0 Å². The molecule has 298 valence electrons.